The van der Waals surface area contributed by atoms with Gasteiger partial charge < -0.3 is 19.9 Å². The van der Waals surface area contributed by atoms with Crippen LogP contribution in [0.4, 0.5) is 0 Å². The van der Waals surface area contributed by atoms with Crippen LogP contribution in [0, 0.1) is 17.3 Å². The smallest absolute Gasteiger partial charge is 0.404 e. The molecule has 0 aromatic heterocycles. The Morgan fingerprint density at radius 3 is 2.82 bits per heavy atom. The number of nitrogens with two attached hydrogens (primary N) is 1. The third-order valence-corrected chi connectivity index (χ3v) is 7.08. The highest BCUT2D eigenvalue weighted by Gasteiger charge is 2.68. The Morgan fingerprint density at radius 2 is 2.14 bits per heavy atom. The molecule has 0 spiro atoms. The highest BCUT2D eigenvalue weighted by molar-refractivity contribution is 6.48. The van der Waals surface area contributed by atoms with Crippen LogP contribution >= 0.6 is 0 Å². The minimum atomic E-state index is -0.275. The number of rotatable bonds is 2. The SMILES string of the molecule is CC1(C)C2C[C@@H]1C[C@H]1OB(C3CCCN3C(=O)CN)O[C@@]21C. The molecule has 2 saturated heterocycles. The number of likely N-dealkylation sites (tertiary alicyclic amines) is 1. The molecule has 122 valence electrons. The van der Waals surface area contributed by atoms with Crippen LogP contribution in [-0.4, -0.2) is 48.7 Å². The summed E-state index contributed by atoms with van der Waals surface area (Å²) in [6, 6.07) is 0. The highest BCUT2D eigenvalue weighted by atomic mass is 16.7. The molecular weight excluding hydrogens is 279 g/mol. The number of hydrogen-bond acceptors (Lipinski definition) is 4. The molecule has 2 bridgehead atoms. The molecule has 5 atom stereocenters. The summed E-state index contributed by atoms with van der Waals surface area (Å²) in [7, 11) is -0.275. The largest absolute Gasteiger partial charge is 0.481 e. The first-order chi connectivity index (χ1) is 10.4. The van der Waals surface area contributed by atoms with Gasteiger partial charge in [0.2, 0.25) is 5.91 Å². The topological polar surface area (TPSA) is 64.8 Å². The monoisotopic (exact) mass is 306 g/mol. The zero-order valence-electron chi connectivity index (χ0n) is 13.9. The van der Waals surface area contributed by atoms with E-state index in [1.54, 1.807) is 0 Å². The first-order valence-electron chi connectivity index (χ1n) is 8.70. The van der Waals surface area contributed by atoms with Gasteiger partial charge in [0.25, 0.3) is 0 Å². The van der Waals surface area contributed by atoms with Crippen molar-refractivity contribution < 1.29 is 14.1 Å². The normalized spacial score (nSPS) is 45.6. The summed E-state index contributed by atoms with van der Waals surface area (Å²) in [5.41, 5.74) is 5.71. The van der Waals surface area contributed by atoms with Crippen LogP contribution in [0.25, 0.3) is 0 Å². The molecule has 2 aliphatic heterocycles. The molecule has 6 heteroatoms. The van der Waals surface area contributed by atoms with Gasteiger partial charge in [-0.15, -0.1) is 0 Å². The second-order valence-corrected chi connectivity index (χ2v) is 8.34. The van der Waals surface area contributed by atoms with Crippen molar-refractivity contribution in [2.75, 3.05) is 13.1 Å². The van der Waals surface area contributed by atoms with Crippen LogP contribution < -0.4 is 5.73 Å². The molecule has 2 heterocycles. The molecule has 2 unspecified atom stereocenters. The fraction of sp³-hybridized carbons (Fsp3) is 0.938. The molecule has 1 amide bonds. The Morgan fingerprint density at radius 1 is 1.36 bits per heavy atom. The predicted molar refractivity (Wildman–Crippen MR) is 83.9 cm³/mol. The van der Waals surface area contributed by atoms with Gasteiger partial charge in [0, 0.05) is 6.54 Å². The predicted octanol–water partition coefficient (Wildman–Crippen LogP) is 1.20. The molecule has 3 saturated carbocycles. The van der Waals surface area contributed by atoms with Crippen molar-refractivity contribution >= 4 is 13.0 Å². The van der Waals surface area contributed by atoms with Crippen LogP contribution in [0.15, 0.2) is 0 Å². The van der Waals surface area contributed by atoms with Crippen molar-refractivity contribution in [1.29, 1.82) is 0 Å². The summed E-state index contributed by atoms with van der Waals surface area (Å²) in [5, 5.41) is 0. The number of carbonyl (C=O) groups excluding carboxylic acids is 1. The Labute approximate surface area is 133 Å². The van der Waals surface area contributed by atoms with Crippen molar-refractivity contribution in [2.24, 2.45) is 23.0 Å². The van der Waals surface area contributed by atoms with Crippen LogP contribution in [0.1, 0.15) is 46.5 Å². The molecule has 5 aliphatic rings. The minimum Gasteiger partial charge on any atom is -0.404 e. The van der Waals surface area contributed by atoms with Gasteiger partial charge in [-0.05, 0) is 49.9 Å². The Kier molecular flexibility index (Phi) is 3.21. The second kappa shape index (κ2) is 4.71. The third kappa shape index (κ3) is 1.80. The van der Waals surface area contributed by atoms with E-state index < -0.39 is 0 Å². The lowest BCUT2D eigenvalue weighted by Crippen LogP contribution is -2.65. The number of nitrogens with zero attached hydrogens (tertiary/aromatic N) is 1. The number of carbonyl (C=O) groups is 1. The maximum atomic E-state index is 12.0. The zero-order chi connectivity index (χ0) is 15.7. The standard InChI is InChI=1S/C16H27BN2O3/c1-15(2)10-7-11(15)16(3)12(8-10)21-17(22-16)13-5-4-6-19(13)14(20)9-18/h10-13H,4-9,18H2,1-3H3/t10-,11?,12-,13?,16+/m1/s1. The van der Waals surface area contributed by atoms with Crippen LogP contribution in [0.3, 0.4) is 0 Å². The van der Waals surface area contributed by atoms with Gasteiger partial charge in [0.15, 0.2) is 0 Å². The number of amides is 1. The van der Waals surface area contributed by atoms with Crippen LogP contribution in [-0.2, 0) is 14.1 Å². The van der Waals surface area contributed by atoms with Crippen molar-refractivity contribution in [2.45, 2.75) is 64.1 Å². The molecule has 0 aromatic rings. The van der Waals surface area contributed by atoms with Gasteiger partial charge in [-0.2, -0.15) is 0 Å². The van der Waals surface area contributed by atoms with Gasteiger partial charge in [0.1, 0.15) is 0 Å². The minimum absolute atomic E-state index is 0.0133. The molecule has 2 N–H and O–H groups in total. The van der Waals surface area contributed by atoms with Gasteiger partial charge in [-0.3, -0.25) is 4.79 Å². The Hall–Kier alpha value is -0.585. The molecule has 5 nitrogen and oxygen atoms in total. The van der Waals surface area contributed by atoms with Crippen molar-refractivity contribution in [3.63, 3.8) is 0 Å². The van der Waals surface area contributed by atoms with Crippen molar-refractivity contribution in [3.8, 4) is 0 Å². The molecule has 3 aliphatic carbocycles. The van der Waals surface area contributed by atoms with Gasteiger partial charge >= 0.3 is 7.12 Å². The maximum absolute atomic E-state index is 12.0. The van der Waals surface area contributed by atoms with Gasteiger partial charge in [-0.25, -0.2) is 0 Å². The lowest BCUT2D eigenvalue weighted by atomic mass is 9.43. The first kappa shape index (κ1) is 15.0. The van der Waals surface area contributed by atoms with Crippen LogP contribution in [0.2, 0.25) is 0 Å². The lowest BCUT2D eigenvalue weighted by molar-refractivity contribution is -0.199. The van der Waals surface area contributed by atoms with E-state index in [0.717, 1.165) is 31.7 Å². The second-order valence-electron chi connectivity index (χ2n) is 8.34. The van der Waals surface area contributed by atoms with E-state index in [1.807, 2.05) is 4.90 Å². The lowest BCUT2D eigenvalue weighted by Gasteiger charge is -2.64. The van der Waals surface area contributed by atoms with Crippen LogP contribution in [0.5, 0.6) is 0 Å². The van der Waals surface area contributed by atoms with E-state index in [2.05, 4.69) is 20.8 Å². The van der Waals surface area contributed by atoms with E-state index in [9.17, 15) is 4.79 Å². The van der Waals surface area contributed by atoms with E-state index in [4.69, 9.17) is 15.0 Å². The Bertz CT molecular complexity index is 500. The highest BCUT2D eigenvalue weighted by Crippen LogP contribution is 2.65. The Balaban J connectivity index is 1.54. The van der Waals surface area contributed by atoms with Crippen molar-refractivity contribution in [1.82, 2.24) is 4.90 Å². The summed E-state index contributed by atoms with van der Waals surface area (Å²) >= 11 is 0. The fourth-order valence-corrected chi connectivity index (χ4v) is 5.57. The summed E-state index contributed by atoms with van der Waals surface area (Å²) < 4.78 is 12.8. The molecular formula is C16H27BN2O3. The van der Waals surface area contributed by atoms with Crippen molar-refractivity contribution in [3.05, 3.63) is 0 Å². The van der Waals surface area contributed by atoms with E-state index in [-0.39, 0.29) is 37.2 Å². The molecule has 0 radical (unpaired) electrons. The molecule has 5 rings (SSSR count). The summed E-state index contributed by atoms with van der Waals surface area (Å²) in [4.78, 5) is 13.9. The van der Waals surface area contributed by atoms with E-state index in [1.165, 1.54) is 6.42 Å². The summed E-state index contributed by atoms with van der Waals surface area (Å²) in [6.45, 7) is 7.81. The quantitative estimate of drug-likeness (QED) is 0.779. The summed E-state index contributed by atoms with van der Waals surface area (Å²) in [6.07, 6.45) is 4.50. The first-order valence-corrected chi connectivity index (χ1v) is 8.70. The average molecular weight is 306 g/mol. The van der Waals surface area contributed by atoms with Gasteiger partial charge in [0.05, 0.1) is 24.2 Å². The van der Waals surface area contributed by atoms with E-state index >= 15 is 0 Å². The fourth-order valence-electron chi connectivity index (χ4n) is 5.57. The third-order valence-electron chi connectivity index (χ3n) is 7.08. The average Bonchev–Trinajstić information content (AvgIpc) is 3.08. The van der Waals surface area contributed by atoms with E-state index in [0.29, 0.717) is 11.3 Å². The molecule has 0 aromatic carbocycles. The molecule has 22 heavy (non-hydrogen) atoms. The molecule has 5 fully saturated rings. The van der Waals surface area contributed by atoms with Gasteiger partial charge in [-0.1, -0.05) is 13.8 Å². The zero-order valence-corrected chi connectivity index (χ0v) is 13.9. The summed E-state index contributed by atoms with van der Waals surface area (Å²) in [5.74, 6) is 1.37. The maximum Gasteiger partial charge on any atom is 0.481 e. The number of hydrogen-bond donors (Lipinski definition) is 1.